The molecular formula is C16H12F6N6O. The summed E-state index contributed by atoms with van der Waals surface area (Å²) >= 11 is 0. The fourth-order valence-electron chi connectivity index (χ4n) is 2.34. The van der Waals surface area contributed by atoms with Crippen LogP contribution in [0.5, 0.6) is 0 Å². The van der Waals surface area contributed by atoms with Crippen LogP contribution in [0.1, 0.15) is 21.7 Å². The van der Waals surface area contributed by atoms with Crippen molar-refractivity contribution in [3.8, 4) is 0 Å². The Labute approximate surface area is 158 Å². The summed E-state index contributed by atoms with van der Waals surface area (Å²) in [6.07, 6.45) is -9.22. The number of aromatic nitrogens is 4. The molecule has 13 heteroatoms. The molecule has 29 heavy (non-hydrogen) atoms. The van der Waals surface area contributed by atoms with Gasteiger partial charge in [-0.25, -0.2) is 0 Å². The molecule has 0 atom stereocenters. The van der Waals surface area contributed by atoms with Gasteiger partial charge >= 0.3 is 12.4 Å². The number of rotatable bonds is 5. The van der Waals surface area contributed by atoms with E-state index in [1.54, 1.807) is 0 Å². The molecule has 3 aromatic rings. The molecule has 0 bridgehead atoms. The number of hydrogen-bond acceptors (Lipinski definition) is 5. The van der Waals surface area contributed by atoms with Crippen molar-refractivity contribution in [2.24, 2.45) is 0 Å². The number of carbonyl (C=O) groups is 1. The molecule has 2 heterocycles. The number of alkyl halides is 6. The number of fused-ring (bicyclic) bond motifs is 1. The van der Waals surface area contributed by atoms with E-state index in [2.05, 4.69) is 25.9 Å². The summed E-state index contributed by atoms with van der Waals surface area (Å²) in [6.45, 7) is 0.155. The number of amides is 1. The second kappa shape index (κ2) is 7.56. The Bertz CT molecular complexity index is 1010. The maximum Gasteiger partial charge on any atom is 0.453 e. The van der Waals surface area contributed by atoms with Gasteiger partial charge in [0, 0.05) is 18.7 Å². The van der Waals surface area contributed by atoms with Crippen molar-refractivity contribution < 1.29 is 31.1 Å². The Hall–Kier alpha value is -3.38. The molecule has 0 radical (unpaired) electrons. The van der Waals surface area contributed by atoms with Crippen molar-refractivity contribution in [3.63, 3.8) is 0 Å². The normalized spacial score (nSPS) is 12.2. The molecule has 0 saturated carbocycles. The van der Waals surface area contributed by atoms with E-state index in [9.17, 15) is 31.1 Å². The van der Waals surface area contributed by atoms with E-state index in [0.717, 1.165) is 24.3 Å². The number of benzene rings is 1. The first kappa shape index (κ1) is 20.4. The van der Waals surface area contributed by atoms with Crippen LogP contribution < -0.4 is 10.6 Å². The molecule has 0 spiro atoms. The van der Waals surface area contributed by atoms with E-state index < -0.39 is 29.6 Å². The van der Waals surface area contributed by atoms with E-state index in [1.807, 2.05) is 0 Å². The molecule has 2 aromatic heterocycles. The average molecular weight is 418 g/mol. The van der Waals surface area contributed by atoms with Crippen molar-refractivity contribution in [1.29, 1.82) is 0 Å². The quantitative estimate of drug-likeness (QED) is 0.492. The van der Waals surface area contributed by atoms with Gasteiger partial charge in [0.15, 0.2) is 5.65 Å². The molecule has 0 fully saturated rings. The second-order valence-corrected chi connectivity index (χ2v) is 5.77. The molecule has 154 valence electrons. The molecule has 7 nitrogen and oxygen atoms in total. The summed E-state index contributed by atoms with van der Waals surface area (Å²) in [5.41, 5.74) is -0.917. The lowest BCUT2D eigenvalue weighted by molar-refractivity contribution is -0.146. The molecule has 0 aliphatic rings. The predicted octanol–water partition coefficient (Wildman–Crippen LogP) is 3.00. The number of halogens is 6. The Balaban J connectivity index is 1.56. The maximum absolute atomic E-state index is 12.8. The van der Waals surface area contributed by atoms with Crippen LogP contribution in [0.15, 0.2) is 36.4 Å². The molecule has 0 saturated heterocycles. The fraction of sp³-hybridized carbons (Fsp3) is 0.250. The maximum atomic E-state index is 12.8. The number of nitrogens with one attached hydrogen (secondary N) is 2. The first-order valence-electron chi connectivity index (χ1n) is 8.05. The topological polar surface area (TPSA) is 84.2 Å². The summed E-state index contributed by atoms with van der Waals surface area (Å²) < 4.78 is 76.6. The Morgan fingerprint density at radius 3 is 2.21 bits per heavy atom. The molecular weight excluding hydrogens is 406 g/mol. The van der Waals surface area contributed by atoms with Crippen LogP contribution in [-0.4, -0.2) is 38.8 Å². The molecule has 0 unspecified atom stereocenters. The van der Waals surface area contributed by atoms with Gasteiger partial charge in [-0.2, -0.15) is 30.9 Å². The van der Waals surface area contributed by atoms with Gasteiger partial charge in [-0.05, 0) is 36.4 Å². The summed E-state index contributed by atoms with van der Waals surface area (Å²) in [6, 6.07) is 6.37. The Kier molecular flexibility index (Phi) is 5.31. The third-order valence-corrected chi connectivity index (χ3v) is 3.71. The van der Waals surface area contributed by atoms with Crippen molar-refractivity contribution in [1.82, 2.24) is 25.1 Å². The summed E-state index contributed by atoms with van der Waals surface area (Å²) in [4.78, 5) is 11.9. The van der Waals surface area contributed by atoms with Crippen molar-refractivity contribution in [2.45, 2.75) is 12.4 Å². The standard InChI is InChI=1S/C16H12F6N6O/c17-15(18,19)10-3-1-9(2-4-10)13(29)24-8-7-23-11-5-6-12-25-26-14(16(20,21)22)28(12)27-11/h1-6H,7-8H2,(H,23,27)(H,24,29). The highest BCUT2D eigenvalue weighted by atomic mass is 19.4. The lowest BCUT2D eigenvalue weighted by Gasteiger charge is -2.09. The molecule has 0 aliphatic carbocycles. The molecule has 2 N–H and O–H groups in total. The SMILES string of the molecule is O=C(NCCNc1ccc2nnc(C(F)(F)F)n2n1)c1ccc(C(F)(F)F)cc1. The molecule has 0 aliphatic heterocycles. The Morgan fingerprint density at radius 1 is 0.897 bits per heavy atom. The minimum Gasteiger partial charge on any atom is -0.367 e. The summed E-state index contributed by atoms with van der Waals surface area (Å²) in [5.74, 6) is -1.78. The van der Waals surface area contributed by atoms with Crippen molar-refractivity contribution >= 4 is 17.4 Å². The zero-order chi connectivity index (χ0) is 21.2. The van der Waals surface area contributed by atoms with E-state index in [4.69, 9.17) is 0 Å². The van der Waals surface area contributed by atoms with Crippen LogP contribution >= 0.6 is 0 Å². The van der Waals surface area contributed by atoms with Crippen molar-refractivity contribution in [2.75, 3.05) is 18.4 Å². The van der Waals surface area contributed by atoms with Gasteiger partial charge in [0.05, 0.1) is 5.56 Å². The van der Waals surface area contributed by atoms with Gasteiger partial charge in [-0.3, -0.25) is 4.79 Å². The lowest BCUT2D eigenvalue weighted by atomic mass is 10.1. The highest BCUT2D eigenvalue weighted by Crippen LogP contribution is 2.29. The molecule has 3 rings (SSSR count). The summed E-state index contributed by atoms with van der Waals surface area (Å²) in [5, 5.41) is 15.4. The van der Waals surface area contributed by atoms with Gasteiger partial charge in [0.2, 0.25) is 0 Å². The van der Waals surface area contributed by atoms with Crippen LogP contribution in [0.25, 0.3) is 5.65 Å². The van der Waals surface area contributed by atoms with Gasteiger partial charge in [0.25, 0.3) is 11.7 Å². The third kappa shape index (κ3) is 4.73. The van der Waals surface area contributed by atoms with Gasteiger partial charge < -0.3 is 10.6 Å². The van der Waals surface area contributed by atoms with E-state index in [-0.39, 0.29) is 30.1 Å². The number of nitrogens with zero attached hydrogens (tertiary/aromatic N) is 4. The monoisotopic (exact) mass is 418 g/mol. The number of hydrogen-bond donors (Lipinski definition) is 2. The zero-order valence-electron chi connectivity index (χ0n) is 14.3. The van der Waals surface area contributed by atoms with Crippen LogP contribution in [0, 0.1) is 0 Å². The van der Waals surface area contributed by atoms with Crippen LogP contribution in [0.2, 0.25) is 0 Å². The van der Waals surface area contributed by atoms with Crippen LogP contribution in [0.3, 0.4) is 0 Å². The highest BCUT2D eigenvalue weighted by molar-refractivity contribution is 5.94. The highest BCUT2D eigenvalue weighted by Gasteiger charge is 2.37. The van der Waals surface area contributed by atoms with Gasteiger partial charge in [-0.15, -0.1) is 15.3 Å². The second-order valence-electron chi connectivity index (χ2n) is 5.77. The zero-order valence-corrected chi connectivity index (χ0v) is 14.3. The smallest absolute Gasteiger partial charge is 0.367 e. The predicted molar refractivity (Wildman–Crippen MR) is 88.1 cm³/mol. The van der Waals surface area contributed by atoms with Crippen molar-refractivity contribution in [3.05, 3.63) is 53.3 Å². The first-order valence-corrected chi connectivity index (χ1v) is 8.05. The van der Waals surface area contributed by atoms with Gasteiger partial charge in [0.1, 0.15) is 5.82 Å². The average Bonchev–Trinajstić information content (AvgIpc) is 3.08. The molecule has 1 aromatic carbocycles. The minimum atomic E-state index is -4.72. The van der Waals surface area contributed by atoms with E-state index in [1.165, 1.54) is 12.1 Å². The number of carbonyl (C=O) groups excluding carboxylic acids is 1. The molecule has 1 amide bonds. The first-order chi connectivity index (χ1) is 13.6. The summed E-state index contributed by atoms with van der Waals surface area (Å²) in [7, 11) is 0. The van der Waals surface area contributed by atoms with Crippen LogP contribution in [0.4, 0.5) is 32.2 Å². The van der Waals surface area contributed by atoms with Gasteiger partial charge in [-0.1, -0.05) is 0 Å². The van der Waals surface area contributed by atoms with E-state index >= 15 is 0 Å². The minimum absolute atomic E-state index is 0.0388. The fourth-order valence-corrected chi connectivity index (χ4v) is 2.34. The van der Waals surface area contributed by atoms with Crippen LogP contribution in [-0.2, 0) is 12.4 Å². The number of anilines is 1. The third-order valence-electron chi connectivity index (χ3n) is 3.71. The van der Waals surface area contributed by atoms with E-state index in [0.29, 0.717) is 4.52 Å². The lowest BCUT2D eigenvalue weighted by Crippen LogP contribution is -2.29. The largest absolute Gasteiger partial charge is 0.453 e. The Morgan fingerprint density at radius 2 is 1.59 bits per heavy atom.